The maximum Gasteiger partial charge on any atom is 0.336 e. The molecule has 1 saturated carbocycles. The summed E-state index contributed by atoms with van der Waals surface area (Å²) < 4.78 is 10.2. The van der Waals surface area contributed by atoms with Crippen LogP contribution in [-0.2, 0) is 19.1 Å². The molecule has 4 rings (SSSR count). The first kappa shape index (κ1) is 30.8. The van der Waals surface area contributed by atoms with Gasteiger partial charge in [0.25, 0.3) is 0 Å². The van der Waals surface area contributed by atoms with Crippen LogP contribution in [0, 0.1) is 11.8 Å². The van der Waals surface area contributed by atoms with Crippen LogP contribution < -0.4 is 0 Å². The number of aliphatic imine (C=N–C) groups is 1. The molecule has 3 atom stereocenters. The summed E-state index contributed by atoms with van der Waals surface area (Å²) in [6.45, 7) is 0. The monoisotopic (exact) mass is 579 g/mol. The molecule has 0 bridgehead atoms. The van der Waals surface area contributed by atoms with E-state index < -0.39 is 11.5 Å². The van der Waals surface area contributed by atoms with Crippen LogP contribution in [-0.4, -0.2) is 68.0 Å². The number of hydrogen-bond acceptors (Lipinski definition) is 7. The molecule has 7 nitrogen and oxygen atoms in total. The van der Waals surface area contributed by atoms with Gasteiger partial charge in [0.15, 0.2) is 5.54 Å². The number of hydrogen-bond donors (Lipinski definition) is 0. The molecular formula is C33H42ClN3O4. The van der Waals surface area contributed by atoms with Crippen LogP contribution in [0.3, 0.4) is 0 Å². The molecule has 2 aliphatic rings. The van der Waals surface area contributed by atoms with E-state index in [-0.39, 0.29) is 24.9 Å². The van der Waals surface area contributed by atoms with E-state index in [1.165, 1.54) is 19.8 Å². The Bertz CT molecular complexity index is 1210. The van der Waals surface area contributed by atoms with Crippen LogP contribution in [0.4, 0.5) is 0 Å². The molecule has 41 heavy (non-hydrogen) atoms. The van der Waals surface area contributed by atoms with Crippen molar-refractivity contribution in [3.63, 3.8) is 0 Å². The van der Waals surface area contributed by atoms with Crippen LogP contribution in [0.5, 0.6) is 0 Å². The molecule has 0 aromatic heterocycles. The lowest BCUT2D eigenvalue weighted by Crippen LogP contribution is -2.51. The zero-order valence-corrected chi connectivity index (χ0v) is 25.3. The third-order valence-corrected chi connectivity index (χ3v) is 8.96. The van der Waals surface area contributed by atoms with Crippen molar-refractivity contribution in [3.8, 4) is 0 Å². The van der Waals surface area contributed by atoms with Crippen LogP contribution in [0.1, 0.15) is 62.1 Å². The van der Waals surface area contributed by atoms with Gasteiger partial charge in [-0.25, -0.2) is 4.79 Å². The SMILES string of the molecule is COC(=O)CCC1(C(=O)OC)N=CN(C=Cc2ccccc2)C1CC1CCC(C(c2ccc(Cl)cc2)N(C)C)CC1. The summed E-state index contributed by atoms with van der Waals surface area (Å²) in [5.74, 6) is 0.169. The van der Waals surface area contributed by atoms with Crippen molar-refractivity contribution in [2.75, 3.05) is 28.3 Å². The highest BCUT2D eigenvalue weighted by molar-refractivity contribution is 6.30. The number of nitrogens with zero attached hydrogens (tertiary/aromatic N) is 3. The Balaban J connectivity index is 1.53. The number of esters is 2. The minimum Gasteiger partial charge on any atom is -0.469 e. The summed E-state index contributed by atoms with van der Waals surface area (Å²) in [5.41, 5.74) is 1.18. The van der Waals surface area contributed by atoms with Gasteiger partial charge in [0, 0.05) is 23.7 Å². The molecule has 8 heteroatoms. The Labute approximate surface area is 249 Å². The zero-order chi connectivity index (χ0) is 29.4. The van der Waals surface area contributed by atoms with Crippen molar-refractivity contribution in [2.45, 2.75) is 62.6 Å². The summed E-state index contributed by atoms with van der Waals surface area (Å²) in [6.07, 6.45) is 11.1. The Kier molecular flexibility index (Phi) is 10.6. The molecule has 0 amide bonds. The minimum atomic E-state index is -1.17. The van der Waals surface area contributed by atoms with Gasteiger partial charge in [-0.2, -0.15) is 0 Å². The third kappa shape index (κ3) is 7.38. The highest BCUT2D eigenvalue weighted by Crippen LogP contribution is 2.44. The smallest absolute Gasteiger partial charge is 0.336 e. The molecule has 2 aromatic rings. The van der Waals surface area contributed by atoms with E-state index in [0.29, 0.717) is 17.9 Å². The first-order valence-electron chi connectivity index (χ1n) is 14.4. The molecular weight excluding hydrogens is 538 g/mol. The van der Waals surface area contributed by atoms with Crippen molar-refractivity contribution in [1.82, 2.24) is 9.80 Å². The number of rotatable bonds is 11. The van der Waals surface area contributed by atoms with E-state index in [1.54, 1.807) is 6.34 Å². The topological polar surface area (TPSA) is 71.4 Å². The van der Waals surface area contributed by atoms with Crippen molar-refractivity contribution in [3.05, 3.63) is 76.9 Å². The van der Waals surface area contributed by atoms with Gasteiger partial charge >= 0.3 is 11.9 Å². The van der Waals surface area contributed by atoms with Crippen molar-refractivity contribution in [2.24, 2.45) is 16.8 Å². The number of methoxy groups -OCH3 is 2. The van der Waals surface area contributed by atoms with Gasteiger partial charge in [-0.3, -0.25) is 9.79 Å². The number of benzene rings is 2. The van der Waals surface area contributed by atoms with Gasteiger partial charge in [-0.05, 0) is 81.0 Å². The molecule has 1 aliphatic carbocycles. The van der Waals surface area contributed by atoms with E-state index >= 15 is 0 Å². The Hall–Kier alpha value is -3.16. The average molecular weight is 580 g/mol. The Morgan fingerprint density at radius 1 is 1.05 bits per heavy atom. The lowest BCUT2D eigenvalue weighted by atomic mass is 9.72. The third-order valence-electron chi connectivity index (χ3n) is 8.71. The van der Waals surface area contributed by atoms with E-state index in [9.17, 15) is 9.59 Å². The first-order chi connectivity index (χ1) is 19.8. The number of halogens is 1. The molecule has 220 valence electrons. The predicted octanol–water partition coefficient (Wildman–Crippen LogP) is 6.39. The molecule has 2 aromatic carbocycles. The summed E-state index contributed by atoms with van der Waals surface area (Å²) in [5, 5.41) is 0.751. The second kappa shape index (κ2) is 14.1. The summed E-state index contributed by atoms with van der Waals surface area (Å²) in [6, 6.07) is 18.3. The van der Waals surface area contributed by atoms with Crippen molar-refractivity contribution in [1.29, 1.82) is 0 Å². The van der Waals surface area contributed by atoms with E-state index in [2.05, 4.69) is 31.1 Å². The maximum atomic E-state index is 13.4. The lowest BCUT2D eigenvalue weighted by molar-refractivity contribution is -0.150. The largest absolute Gasteiger partial charge is 0.469 e. The number of carbonyl (C=O) groups is 2. The number of carbonyl (C=O) groups excluding carboxylic acids is 2. The van der Waals surface area contributed by atoms with Gasteiger partial charge in [0.05, 0.1) is 26.6 Å². The second-order valence-corrected chi connectivity index (χ2v) is 11.8. The van der Waals surface area contributed by atoms with Crippen LogP contribution in [0.15, 0.2) is 65.8 Å². The van der Waals surface area contributed by atoms with Gasteiger partial charge < -0.3 is 19.3 Å². The molecule has 1 heterocycles. The molecule has 0 N–H and O–H groups in total. The minimum absolute atomic E-state index is 0.0913. The van der Waals surface area contributed by atoms with Crippen molar-refractivity contribution >= 4 is 36.0 Å². The summed E-state index contributed by atoms with van der Waals surface area (Å²) >= 11 is 6.16. The van der Waals surface area contributed by atoms with Gasteiger partial charge in [-0.15, -0.1) is 0 Å². The molecule has 1 fully saturated rings. The van der Waals surface area contributed by atoms with E-state index in [0.717, 1.165) is 42.7 Å². The summed E-state index contributed by atoms with van der Waals surface area (Å²) in [4.78, 5) is 34.6. The first-order valence-corrected chi connectivity index (χ1v) is 14.8. The fourth-order valence-electron chi connectivity index (χ4n) is 6.58. The van der Waals surface area contributed by atoms with Crippen LogP contribution >= 0.6 is 11.6 Å². The Morgan fingerprint density at radius 3 is 2.34 bits per heavy atom. The van der Waals surface area contributed by atoms with Crippen LogP contribution in [0.2, 0.25) is 5.02 Å². The fraction of sp³-hybridized carbons (Fsp3) is 0.485. The Morgan fingerprint density at radius 2 is 1.73 bits per heavy atom. The van der Waals surface area contributed by atoms with Crippen molar-refractivity contribution < 1.29 is 19.1 Å². The van der Waals surface area contributed by atoms with E-state index in [1.807, 2.05) is 59.6 Å². The molecule has 1 aliphatic heterocycles. The number of ether oxygens (including phenoxy) is 2. The van der Waals surface area contributed by atoms with Gasteiger partial charge in [0.1, 0.15) is 0 Å². The molecule has 0 spiro atoms. The quantitative estimate of drug-likeness (QED) is 0.287. The molecule has 0 radical (unpaired) electrons. The average Bonchev–Trinajstić information content (AvgIpc) is 3.34. The van der Waals surface area contributed by atoms with Gasteiger partial charge in [0.2, 0.25) is 0 Å². The lowest BCUT2D eigenvalue weighted by Gasteiger charge is -2.40. The second-order valence-electron chi connectivity index (χ2n) is 11.4. The zero-order valence-electron chi connectivity index (χ0n) is 24.5. The van der Waals surface area contributed by atoms with E-state index in [4.69, 9.17) is 26.1 Å². The van der Waals surface area contributed by atoms with Crippen LogP contribution in [0.25, 0.3) is 6.08 Å². The fourth-order valence-corrected chi connectivity index (χ4v) is 6.70. The summed E-state index contributed by atoms with van der Waals surface area (Å²) in [7, 11) is 7.04. The highest BCUT2D eigenvalue weighted by Gasteiger charge is 2.52. The maximum absolute atomic E-state index is 13.4. The normalized spacial score (nSPS) is 25.0. The molecule has 0 saturated heterocycles. The standard InChI is InChI=1S/C33H42ClN3O4/c1-36(2)31(27-14-16-28(34)17-15-27)26-12-10-25(11-13-26)22-29-33(32(39)41-4,20-18-30(38)40-3)35-23-37(29)21-19-24-8-6-5-7-9-24/h5-9,14-17,19,21,23,25-26,29,31H,10-13,18,20,22H2,1-4H3. The molecule has 3 unspecified atom stereocenters. The highest BCUT2D eigenvalue weighted by atomic mass is 35.5. The van der Waals surface area contributed by atoms with Gasteiger partial charge in [-0.1, -0.05) is 66.9 Å². The predicted molar refractivity (Wildman–Crippen MR) is 164 cm³/mol.